The van der Waals surface area contributed by atoms with Crippen molar-refractivity contribution in [3.63, 3.8) is 0 Å². The summed E-state index contributed by atoms with van der Waals surface area (Å²) in [6.45, 7) is 8.56. The lowest BCUT2D eigenvalue weighted by molar-refractivity contribution is 0.0390. The topological polar surface area (TPSA) is 77.1 Å². The molecule has 7 nitrogen and oxygen atoms in total. The summed E-state index contributed by atoms with van der Waals surface area (Å²) in [5.74, 6) is 0.842. The minimum atomic E-state index is -3.67. The van der Waals surface area contributed by atoms with Gasteiger partial charge >= 0.3 is 0 Å². The number of sulfonamides is 1. The Morgan fingerprint density at radius 2 is 1.88 bits per heavy atom. The summed E-state index contributed by atoms with van der Waals surface area (Å²) < 4.78 is 44.1. The molecule has 0 bridgehead atoms. The fourth-order valence-electron chi connectivity index (χ4n) is 2.47. The Kier molecular flexibility index (Phi) is 7.29. The Morgan fingerprint density at radius 1 is 1.17 bits per heavy atom. The smallest absolute Gasteiger partial charge is 0.244 e. The van der Waals surface area contributed by atoms with E-state index in [0.717, 1.165) is 13.1 Å². The van der Waals surface area contributed by atoms with Crippen LogP contribution in [0.3, 0.4) is 0 Å². The van der Waals surface area contributed by atoms with Crippen LogP contribution in [0.4, 0.5) is 0 Å². The summed E-state index contributed by atoms with van der Waals surface area (Å²) in [6, 6.07) is 4.85. The minimum absolute atomic E-state index is 0.109. The van der Waals surface area contributed by atoms with Crippen LogP contribution < -0.4 is 14.2 Å². The number of rotatable bonds is 9. The maximum atomic E-state index is 12.6. The van der Waals surface area contributed by atoms with Crippen LogP contribution in [0, 0.1) is 0 Å². The number of hydrogen-bond donors (Lipinski definition) is 1. The number of nitrogens with one attached hydrogen (secondary N) is 1. The van der Waals surface area contributed by atoms with Gasteiger partial charge in [0.15, 0.2) is 0 Å². The predicted octanol–water partition coefficient (Wildman–Crippen LogP) is 1.09. The monoisotopic (exact) mass is 358 g/mol. The zero-order valence-corrected chi connectivity index (χ0v) is 15.1. The van der Waals surface area contributed by atoms with Crippen LogP contribution in [0.2, 0.25) is 0 Å². The van der Waals surface area contributed by atoms with Gasteiger partial charge in [-0.1, -0.05) is 0 Å². The van der Waals surface area contributed by atoms with Gasteiger partial charge in [-0.25, -0.2) is 13.1 Å². The highest BCUT2D eigenvalue weighted by Crippen LogP contribution is 2.28. The lowest BCUT2D eigenvalue weighted by atomic mass is 10.3. The molecule has 1 aliphatic heterocycles. The van der Waals surface area contributed by atoms with Gasteiger partial charge in [0.2, 0.25) is 10.0 Å². The summed E-state index contributed by atoms with van der Waals surface area (Å²) in [5.41, 5.74) is 0. The molecule has 1 aromatic rings. The molecule has 2 rings (SSSR count). The molecule has 136 valence electrons. The van der Waals surface area contributed by atoms with Crippen molar-refractivity contribution < 1.29 is 22.6 Å². The summed E-state index contributed by atoms with van der Waals surface area (Å²) in [6.07, 6.45) is 0. The van der Waals surface area contributed by atoms with E-state index in [1.165, 1.54) is 6.07 Å². The van der Waals surface area contributed by atoms with E-state index in [1.807, 2.05) is 13.8 Å². The van der Waals surface area contributed by atoms with Crippen molar-refractivity contribution in [3.8, 4) is 11.5 Å². The average molecular weight is 358 g/mol. The number of ether oxygens (including phenoxy) is 3. The molecule has 1 aromatic carbocycles. The third kappa shape index (κ3) is 5.34. The molecule has 1 heterocycles. The highest BCUT2D eigenvalue weighted by molar-refractivity contribution is 7.89. The maximum Gasteiger partial charge on any atom is 0.244 e. The highest BCUT2D eigenvalue weighted by atomic mass is 32.2. The molecule has 1 aliphatic rings. The second kappa shape index (κ2) is 9.22. The molecule has 0 radical (unpaired) electrons. The second-order valence-corrected chi connectivity index (χ2v) is 7.06. The van der Waals surface area contributed by atoms with E-state index in [0.29, 0.717) is 51.0 Å². The lowest BCUT2D eigenvalue weighted by Crippen LogP contribution is -2.41. The van der Waals surface area contributed by atoms with E-state index in [4.69, 9.17) is 14.2 Å². The molecular weight excluding hydrogens is 332 g/mol. The maximum absolute atomic E-state index is 12.6. The van der Waals surface area contributed by atoms with Crippen molar-refractivity contribution in [2.24, 2.45) is 0 Å². The summed E-state index contributed by atoms with van der Waals surface area (Å²) in [7, 11) is -3.67. The van der Waals surface area contributed by atoms with Gasteiger partial charge in [0.05, 0.1) is 26.4 Å². The van der Waals surface area contributed by atoms with Gasteiger partial charge < -0.3 is 14.2 Å². The first-order valence-corrected chi connectivity index (χ1v) is 9.74. The Morgan fingerprint density at radius 3 is 2.54 bits per heavy atom. The van der Waals surface area contributed by atoms with Gasteiger partial charge in [-0.2, -0.15) is 0 Å². The van der Waals surface area contributed by atoms with Crippen LogP contribution >= 0.6 is 0 Å². The van der Waals surface area contributed by atoms with Crippen molar-refractivity contribution in [3.05, 3.63) is 18.2 Å². The van der Waals surface area contributed by atoms with Gasteiger partial charge in [-0.05, 0) is 26.0 Å². The van der Waals surface area contributed by atoms with Crippen LogP contribution in [-0.4, -0.2) is 65.9 Å². The molecule has 1 N–H and O–H groups in total. The van der Waals surface area contributed by atoms with Gasteiger partial charge in [-0.3, -0.25) is 4.90 Å². The van der Waals surface area contributed by atoms with E-state index >= 15 is 0 Å². The van der Waals surface area contributed by atoms with Crippen LogP contribution in [-0.2, 0) is 14.8 Å². The molecule has 1 saturated heterocycles. The van der Waals surface area contributed by atoms with Crippen molar-refractivity contribution in [1.82, 2.24) is 9.62 Å². The quantitative estimate of drug-likeness (QED) is 0.712. The Hall–Kier alpha value is -1.35. The van der Waals surface area contributed by atoms with Crippen LogP contribution in [0.25, 0.3) is 0 Å². The number of benzene rings is 1. The molecule has 0 atom stereocenters. The predicted molar refractivity (Wildman–Crippen MR) is 91.2 cm³/mol. The molecule has 0 spiro atoms. The zero-order valence-electron chi connectivity index (χ0n) is 14.3. The zero-order chi connectivity index (χ0) is 17.4. The van der Waals surface area contributed by atoms with Crippen molar-refractivity contribution in [2.75, 3.05) is 52.6 Å². The summed E-state index contributed by atoms with van der Waals surface area (Å²) >= 11 is 0. The van der Waals surface area contributed by atoms with Crippen LogP contribution in [0.1, 0.15) is 13.8 Å². The van der Waals surface area contributed by atoms with Gasteiger partial charge in [0.25, 0.3) is 0 Å². The highest BCUT2D eigenvalue weighted by Gasteiger charge is 2.21. The Balaban J connectivity index is 2.06. The number of nitrogens with zero attached hydrogens (tertiary/aromatic N) is 1. The van der Waals surface area contributed by atoms with Gasteiger partial charge in [0, 0.05) is 32.2 Å². The van der Waals surface area contributed by atoms with E-state index in [-0.39, 0.29) is 4.90 Å². The number of hydrogen-bond acceptors (Lipinski definition) is 6. The van der Waals surface area contributed by atoms with Crippen LogP contribution in [0.15, 0.2) is 23.1 Å². The normalized spacial score (nSPS) is 16.1. The Labute approximate surface area is 143 Å². The molecule has 0 aliphatic carbocycles. The summed E-state index contributed by atoms with van der Waals surface area (Å²) in [5, 5.41) is 0. The number of morpholine rings is 1. The van der Waals surface area contributed by atoms with E-state index < -0.39 is 10.0 Å². The van der Waals surface area contributed by atoms with Crippen LogP contribution in [0.5, 0.6) is 11.5 Å². The molecule has 8 heteroatoms. The Bertz CT molecular complexity index is 615. The third-order valence-electron chi connectivity index (χ3n) is 3.64. The molecular formula is C16H26N2O5S. The van der Waals surface area contributed by atoms with Crippen molar-refractivity contribution in [2.45, 2.75) is 18.7 Å². The van der Waals surface area contributed by atoms with Gasteiger partial charge in [0.1, 0.15) is 16.4 Å². The molecule has 24 heavy (non-hydrogen) atoms. The molecule has 0 amide bonds. The third-order valence-corrected chi connectivity index (χ3v) is 5.12. The SMILES string of the molecule is CCOc1ccc(OCC)c(S(=O)(=O)NCCN2CCOCC2)c1. The van der Waals surface area contributed by atoms with E-state index in [9.17, 15) is 8.42 Å². The fourth-order valence-corrected chi connectivity index (χ4v) is 3.65. The fraction of sp³-hybridized carbons (Fsp3) is 0.625. The van der Waals surface area contributed by atoms with Crippen molar-refractivity contribution in [1.29, 1.82) is 0 Å². The molecule has 1 fully saturated rings. The summed E-state index contributed by atoms with van der Waals surface area (Å²) in [4.78, 5) is 2.28. The second-order valence-electron chi connectivity index (χ2n) is 5.33. The van der Waals surface area contributed by atoms with E-state index in [2.05, 4.69) is 9.62 Å². The minimum Gasteiger partial charge on any atom is -0.494 e. The van der Waals surface area contributed by atoms with E-state index in [1.54, 1.807) is 12.1 Å². The molecule has 0 unspecified atom stereocenters. The lowest BCUT2D eigenvalue weighted by Gasteiger charge is -2.26. The first-order valence-electron chi connectivity index (χ1n) is 8.26. The van der Waals surface area contributed by atoms with Crippen molar-refractivity contribution >= 4 is 10.0 Å². The average Bonchev–Trinajstić information content (AvgIpc) is 2.57. The standard InChI is InChI=1S/C16H26N2O5S/c1-3-22-14-5-6-15(23-4-2)16(13-14)24(19,20)17-7-8-18-9-11-21-12-10-18/h5-6,13,17H,3-4,7-12H2,1-2H3. The molecule has 0 saturated carbocycles. The first-order chi connectivity index (χ1) is 11.6. The molecule has 0 aromatic heterocycles. The first kappa shape index (κ1) is 19.0. The largest absolute Gasteiger partial charge is 0.494 e. The van der Waals surface area contributed by atoms with Gasteiger partial charge in [-0.15, -0.1) is 0 Å².